The van der Waals surface area contributed by atoms with E-state index in [1.165, 1.54) is 0 Å². The normalized spacial score (nSPS) is 17.1. The van der Waals surface area contributed by atoms with Gasteiger partial charge in [0, 0.05) is 13.2 Å². The molecule has 1 aliphatic rings. The van der Waals surface area contributed by atoms with Crippen molar-refractivity contribution in [1.82, 2.24) is 5.32 Å². The van der Waals surface area contributed by atoms with Crippen molar-refractivity contribution in [2.45, 2.75) is 32.0 Å². The molecule has 142 valence electrons. The maximum Gasteiger partial charge on any atom is 0.265 e. The topological polar surface area (TPSA) is 76.7 Å². The zero-order valence-electron chi connectivity index (χ0n) is 15.3. The van der Waals surface area contributed by atoms with Crippen molar-refractivity contribution < 1.29 is 19.1 Å². The number of para-hydroxylation sites is 2. The Kier molecular flexibility index (Phi) is 6.44. The van der Waals surface area contributed by atoms with Gasteiger partial charge in [-0.3, -0.25) is 9.59 Å². The first-order valence-electron chi connectivity index (χ1n) is 9.15. The summed E-state index contributed by atoms with van der Waals surface area (Å²) in [6.45, 7) is 2.88. The standard InChI is InChI=1S/C21H24N2O4/c1-15(27-16-8-3-2-4-9-16)20(24)23-19-12-6-5-11-18(19)21(25)22-14-17-10-7-13-26-17/h2-6,8-9,11-12,15,17H,7,10,13-14H2,1H3,(H,22,25)(H,23,24)/t15-,17-/m1/s1. The second kappa shape index (κ2) is 9.19. The lowest BCUT2D eigenvalue weighted by Crippen LogP contribution is -2.34. The van der Waals surface area contributed by atoms with Crippen molar-refractivity contribution in [3.63, 3.8) is 0 Å². The molecule has 0 radical (unpaired) electrons. The summed E-state index contributed by atoms with van der Waals surface area (Å²) in [6, 6.07) is 16.1. The molecule has 1 fully saturated rings. The molecule has 2 aromatic rings. The molecule has 2 atom stereocenters. The van der Waals surface area contributed by atoms with Gasteiger partial charge in [-0.2, -0.15) is 0 Å². The Bertz CT molecular complexity index is 773. The van der Waals surface area contributed by atoms with Gasteiger partial charge in [0.05, 0.1) is 17.4 Å². The van der Waals surface area contributed by atoms with Gasteiger partial charge in [0.25, 0.3) is 11.8 Å². The molecule has 0 spiro atoms. The molecule has 2 aromatic carbocycles. The van der Waals surface area contributed by atoms with E-state index in [1.807, 2.05) is 18.2 Å². The lowest BCUT2D eigenvalue weighted by molar-refractivity contribution is -0.122. The number of nitrogens with one attached hydrogen (secondary N) is 2. The smallest absolute Gasteiger partial charge is 0.265 e. The highest BCUT2D eigenvalue weighted by Crippen LogP contribution is 2.17. The Hall–Kier alpha value is -2.86. The summed E-state index contributed by atoms with van der Waals surface area (Å²) in [6.07, 6.45) is 1.34. The summed E-state index contributed by atoms with van der Waals surface area (Å²) in [5, 5.41) is 5.66. The predicted molar refractivity (Wildman–Crippen MR) is 103 cm³/mol. The van der Waals surface area contributed by atoms with Crippen LogP contribution < -0.4 is 15.4 Å². The van der Waals surface area contributed by atoms with Crippen molar-refractivity contribution in [1.29, 1.82) is 0 Å². The number of amides is 2. The number of hydrogen-bond acceptors (Lipinski definition) is 4. The minimum Gasteiger partial charge on any atom is -0.481 e. The van der Waals surface area contributed by atoms with E-state index in [2.05, 4.69) is 10.6 Å². The molecule has 1 aliphatic heterocycles. The van der Waals surface area contributed by atoms with Gasteiger partial charge < -0.3 is 20.1 Å². The second-order valence-corrected chi connectivity index (χ2v) is 6.45. The number of rotatable bonds is 7. The SMILES string of the molecule is C[C@@H](Oc1ccccc1)C(=O)Nc1ccccc1C(=O)NC[C@H]1CCCO1. The largest absolute Gasteiger partial charge is 0.481 e. The van der Waals surface area contributed by atoms with E-state index < -0.39 is 6.10 Å². The number of carbonyl (C=O) groups is 2. The third kappa shape index (κ3) is 5.31. The molecule has 6 nitrogen and oxygen atoms in total. The Balaban J connectivity index is 1.60. The van der Waals surface area contributed by atoms with Crippen LogP contribution in [0.5, 0.6) is 5.75 Å². The van der Waals surface area contributed by atoms with E-state index in [1.54, 1.807) is 43.3 Å². The number of ether oxygens (including phenoxy) is 2. The summed E-state index contributed by atoms with van der Waals surface area (Å²) in [4.78, 5) is 25.0. The second-order valence-electron chi connectivity index (χ2n) is 6.45. The fraction of sp³-hybridized carbons (Fsp3) is 0.333. The Labute approximate surface area is 158 Å². The number of anilines is 1. The van der Waals surface area contributed by atoms with E-state index in [4.69, 9.17) is 9.47 Å². The van der Waals surface area contributed by atoms with Crippen LogP contribution in [0.15, 0.2) is 54.6 Å². The molecule has 1 saturated heterocycles. The summed E-state index contributed by atoms with van der Waals surface area (Å²) in [5.41, 5.74) is 0.867. The van der Waals surface area contributed by atoms with Gasteiger partial charge in [0.1, 0.15) is 5.75 Å². The minimum absolute atomic E-state index is 0.0648. The Morgan fingerprint density at radius 3 is 2.63 bits per heavy atom. The van der Waals surface area contributed by atoms with Gasteiger partial charge in [-0.15, -0.1) is 0 Å². The minimum atomic E-state index is -0.699. The first-order valence-corrected chi connectivity index (χ1v) is 9.15. The van der Waals surface area contributed by atoms with E-state index in [-0.39, 0.29) is 17.9 Å². The van der Waals surface area contributed by atoms with Crippen LogP contribution in [0.1, 0.15) is 30.1 Å². The molecule has 0 unspecified atom stereocenters. The first-order chi connectivity index (χ1) is 13.1. The van der Waals surface area contributed by atoms with Crippen LogP contribution in [0, 0.1) is 0 Å². The molecule has 6 heteroatoms. The molecule has 0 saturated carbocycles. The first kappa shape index (κ1) is 18.9. The molecule has 0 aliphatic carbocycles. The molecule has 27 heavy (non-hydrogen) atoms. The number of hydrogen-bond donors (Lipinski definition) is 2. The summed E-state index contributed by atoms with van der Waals surface area (Å²) < 4.78 is 11.2. The maximum absolute atomic E-state index is 12.5. The van der Waals surface area contributed by atoms with Crippen molar-refractivity contribution >= 4 is 17.5 Å². The van der Waals surface area contributed by atoms with Crippen LogP contribution in [0.3, 0.4) is 0 Å². The van der Waals surface area contributed by atoms with Crippen LogP contribution in [0.25, 0.3) is 0 Å². The highest BCUT2D eigenvalue weighted by molar-refractivity contribution is 6.04. The fourth-order valence-corrected chi connectivity index (χ4v) is 2.89. The quantitative estimate of drug-likeness (QED) is 0.788. The third-order valence-electron chi connectivity index (χ3n) is 4.37. The zero-order valence-corrected chi connectivity index (χ0v) is 15.3. The molecule has 3 rings (SSSR count). The van der Waals surface area contributed by atoms with Crippen LogP contribution in [-0.2, 0) is 9.53 Å². The van der Waals surface area contributed by atoms with Crippen LogP contribution in [0.2, 0.25) is 0 Å². The molecule has 0 bridgehead atoms. The molecule has 1 heterocycles. The molecule has 0 aromatic heterocycles. The van der Waals surface area contributed by atoms with Crippen molar-refractivity contribution in [2.75, 3.05) is 18.5 Å². The van der Waals surface area contributed by atoms with Crippen molar-refractivity contribution in [3.8, 4) is 5.75 Å². The van der Waals surface area contributed by atoms with Crippen LogP contribution in [0.4, 0.5) is 5.69 Å². The van der Waals surface area contributed by atoms with E-state index in [0.29, 0.717) is 23.5 Å². The van der Waals surface area contributed by atoms with E-state index >= 15 is 0 Å². The average Bonchev–Trinajstić information content (AvgIpc) is 3.21. The van der Waals surface area contributed by atoms with E-state index in [0.717, 1.165) is 19.4 Å². The Morgan fingerprint density at radius 2 is 1.89 bits per heavy atom. The molecular formula is C21H24N2O4. The summed E-state index contributed by atoms with van der Waals surface area (Å²) >= 11 is 0. The monoisotopic (exact) mass is 368 g/mol. The highest BCUT2D eigenvalue weighted by Gasteiger charge is 2.20. The molecule has 2 amide bonds. The zero-order chi connectivity index (χ0) is 19.1. The molecular weight excluding hydrogens is 344 g/mol. The van der Waals surface area contributed by atoms with Crippen LogP contribution in [-0.4, -0.2) is 37.2 Å². The number of benzene rings is 2. The van der Waals surface area contributed by atoms with Crippen molar-refractivity contribution in [2.24, 2.45) is 0 Å². The van der Waals surface area contributed by atoms with Crippen molar-refractivity contribution in [3.05, 3.63) is 60.2 Å². The molecule has 2 N–H and O–H groups in total. The average molecular weight is 368 g/mol. The van der Waals surface area contributed by atoms with E-state index in [9.17, 15) is 9.59 Å². The van der Waals surface area contributed by atoms with Crippen LogP contribution >= 0.6 is 0 Å². The Morgan fingerprint density at radius 1 is 1.15 bits per heavy atom. The third-order valence-corrected chi connectivity index (χ3v) is 4.37. The summed E-state index contributed by atoms with van der Waals surface area (Å²) in [7, 11) is 0. The lowest BCUT2D eigenvalue weighted by atomic mass is 10.1. The van der Waals surface area contributed by atoms with Gasteiger partial charge in [-0.1, -0.05) is 30.3 Å². The summed E-state index contributed by atoms with van der Waals surface area (Å²) in [5.74, 6) is 0.0546. The highest BCUT2D eigenvalue weighted by atomic mass is 16.5. The van der Waals surface area contributed by atoms with Gasteiger partial charge in [-0.25, -0.2) is 0 Å². The van der Waals surface area contributed by atoms with Gasteiger partial charge >= 0.3 is 0 Å². The fourth-order valence-electron chi connectivity index (χ4n) is 2.89. The van der Waals surface area contributed by atoms with Gasteiger partial charge in [-0.05, 0) is 44.0 Å². The number of carbonyl (C=O) groups excluding carboxylic acids is 2. The maximum atomic E-state index is 12.5. The predicted octanol–water partition coefficient (Wildman–Crippen LogP) is 3.00. The van der Waals surface area contributed by atoms with Gasteiger partial charge in [0.2, 0.25) is 0 Å². The van der Waals surface area contributed by atoms with Gasteiger partial charge in [0.15, 0.2) is 6.10 Å². The lowest BCUT2D eigenvalue weighted by Gasteiger charge is -2.17.